The number of sulfonamides is 1. The first-order valence-corrected chi connectivity index (χ1v) is 5.45. The van der Waals surface area contributed by atoms with Crippen molar-refractivity contribution in [2.45, 2.75) is 13.3 Å². The van der Waals surface area contributed by atoms with Gasteiger partial charge in [0, 0.05) is 0 Å². The number of hydrogen-bond donors (Lipinski definition) is 2. The lowest BCUT2D eigenvalue weighted by Crippen LogP contribution is -2.23. The second-order valence-corrected chi connectivity index (χ2v) is 4.31. The molecular formula is C5H13NO2S2. The van der Waals surface area contributed by atoms with E-state index in [1.165, 1.54) is 0 Å². The third-order valence-electron chi connectivity index (χ3n) is 1.30. The molecule has 0 heterocycles. The molecule has 0 spiro atoms. The van der Waals surface area contributed by atoms with Crippen LogP contribution in [0.15, 0.2) is 0 Å². The minimum absolute atomic E-state index is 0.0486. The molecule has 0 saturated heterocycles. The van der Waals surface area contributed by atoms with Crippen molar-refractivity contribution in [1.29, 1.82) is 0 Å². The molecule has 0 radical (unpaired) electrons. The zero-order valence-electron chi connectivity index (χ0n) is 5.95. The summed E-state index contributed by atoms with van der Waals surface area (Å²) in [6, 6.07) is 0. The van der Waals surface area contributed by atoms with E-state index in [1.807, 2.05) is 6.92 Å². The zero-order valence-corrected chi connectivity index (χ0v) is 7.66. The molecule has 62 valence electrons. The summed E-state index contributed by atoms with van der Waals surface area (Å²) in [6.45, 7) is 1.92. The van der Waals surface area contributed by atoms with Crippen molar-refractivity contribution in [1.82, 2.24) is 0 Å². The van der Waals surface area contributed by atoms with Gasteiger partial charge in [-0.2, -0.15) is 12.6 Å². The molecule has 0 rings (SSSR count). The van der Waals surface area contributed by atoms with Crippen LogP contribution in [-0.4, -0.2) is 19.9 Å². The Morgan fingerprint density at radius 3 is 2.20 bits per heavy atom. The first-order valence-electron chi connectivity index (χ1n) is 3.11. The predicted octanol–water partition coefficient (Wildman–Crippen LogP) is 0.231. The molecule has 0 aliphatic heterocycles. The van der Waals surface area contributed by atoms with E-state index in [0.29, 0.717) is 5.75 Å². The summed E-state index contributed by atoms with van der Waals surface area (Å²) in [6.07, 6.45) is 0.805. The fourth-order valence-electron chi connectivity index (χ4n) is 0.628. The van der Waals surface area contributed by atoms with Gasteiger partial charge < -0.3 is 0 Å². The Morgan fingerprint density at radius 2 is 2.10 bits per heavy atom. The highest BCUT2D eigenvalue weighted by Crippen LogP contribution is 2.05. The van der Waals surface area contributed by atoms with Gasteiger partial charge >= 0.3 is 0 Å². The molecule has 0 aromatic heterocycles. The highest BCUT2D eigenvalue weighted by atomic mass is 32.2. The van der Waals surface area contributed by atoms with Gasteiger partial charge in [0.05, 0.1) is 5.75 Å². The van der Waals surface area contributed by atoms with Gasteiger partial charge in [-0.05, 0) is 11.7 Å². The number of rotatable bonds is 4. The Kier molecular flexibility index (Phi) is 4.31. The average Bonchev–Trinajstić information content (AvgIpc) is 1.81. The van der Waals surface area contributed by atoms with Crippen LogP contribution in [0, 0.1) is 5.92 Å². The molecule has 0 aliphatic rings. The van der Waals surface area contributed by atoms with Crippen molar-refractivity contribution in [3.8, 4) is 0 Å². The van der Waals surface area contributed by atoms with Gasteiger partial charge in [0.15, 0.2) is 0 Å². The first-order chi connectivity index (χ1) is 4.49. The monoisotopic (exact) mass is 183 g/mol. The normalized spacial score (nSPS) is 15.1. The Bertz CT molecular complexity index is 172. The molecule has 0 saturated carbocycles. The van der Waals surface area contributed by atoms with Crippen LogP contribution in [0.5, 0.6) is 0 Å². The van der Waals surface area contributed by atoms with Gasteiger partial charge in [0.1, 0.15) is 0 Å². The number of thiol groups is 1. The van der Waals surface area contributed by atoms with Crippen LogP contribution in [0.25, 0.3) is 0 Å². The number of hydrogen-bond acceptors (Lipinski definition) is 3. The second-order valence-electron chi connectivity index (χ2n) is 2.29. The Morgan fingerprint density at radius 1 is 1.60 bits per heavy atom. The van der Waals surface area contributed by atoms with Crippen molar-refractivity contribution < 1.29 is 8.42 Å². The van der Waals surface area contributed by atoms with E-state index in [-0.39, 0.29) is 11.7 Å². The molecule has 1 atom stereocenters. The molecule has 10 heavy (non-hydrogen) atoms. The minimum atomic E-state index is -3.30. The van der Waals surface area contributed by atoms with E-state index in [0.717, 1.165) is 6.42 Å². The first kappa shape index (κ1) is 10.3. The van der Waals surface area contributed by atoms with Crippen molar-refractivity contribution in [3.05, 3.63) is 0 Å². The lowest BCUT2D eigenvalue weighted by molar-refractivity contribution is 0.569. The van der Waals surface area contributed by atoms with Gasteiger partial charge in [-0.15, -0.1) is 0 Å². The molecule has 0 aromatic rings. The molecule has 0 amide bonds. The lowest BCUT2D eigenvalue weighted by Gasteiger charge is -2.08. The quantitative estimate of drug-likeness (QED) is 0.613. The summed E-state index contributed by atoms with van der Waals surface area (Å²) < 4.78 is 21.0. The van der Waals surface area contributed by atoms with Crippen molar-refractivity contribution in [2.24, 2.45) is 11.1 Å². The van der Waals surface area contributed by atoms with Gasteiger partial charge in [-0.3, -0.25) is 0 Å². The van der Waals surface area contributed by atoms with E-state index in [1.54, 1.807) is 0 Å². The van der Waals surface area contributed by atoms with E-state index in [4.69, 9.17) is 5.14 Å². The van der Waals surface area contributed by atoms with Gasteiger partial charge in [-0.25, -0.2) is 13.6 Å². The number of primary sulfonamides is 1. The van der Waals surface area contributed by atoms with Crippen LogP contribution in [-0.2, 0) is 10.0 Å². The summed E-state index contributed by atoms with van der Waals surface area (Å²) in [7, 11) is -3.30. The molecule has 0 aliphatic carbocycles. The predicted molar refractivity (Wildman–Crippen MR) is 45.6 cm³/mol. The van der Waals surface area contributed by atoms with Crippen LogP contribution in [0.1, 0.15) is 13.3 Å². The largest absolute Gasteiger partial charge is 0.229 e. The van der Waals surface area contributed by atoms with Crippen LogP contribution in [0.3, 0.4) is 0 Å². The summed E-state index contributed by atoms with van der Waals surface area (Å²) in [5.74, 6) is 0.721. The third-order valence-corrected chi connectivity index (χ3v) is 2.76. The fourth-order valence-corrected chi connectivity index (χ4v) is 2.20. The SMILES string of the molecule is CCC(CS)CS(N)(=O)=O. The van der Waals surface area contributed by atoms with E-state index in [9.17, 15) is 8.42 Å². The Labute approximate surface area is 67.5 Å². The maximum atomic E-state index is 10.5. The summed E-state index contributed by atoms with van der Waals surface area (Å²) in [5.41, 5.74) is 0. The van der Waals surface area contributed by atoms with Crippen LogP contribution in [0.4, 0.5) is 0 Å². The molecule has 0 aromatic carbocycles. The molecular weight excluding hydrogens is 170 g/mol. The Hall–Kier alpha value is 0.260. The Balaban J connectivity index is 3.87. The van der Waals surface area contributed by atoms with Gasteiger partial charge in [0.25, 0.3) is 0 Å². The maximum absolute atomic E-state index is 10.5. The highest BCUT2D eigenvalue weighted by Gasteiger charge is 2.11. The van der Waals surface area contributed by atoms with E-state index >= 15 is 0 Å². The molecule has 1 unspecified atom stereocenters. The average molecular weight is 183 g/mol. The van der Waals surface area contributed by atoms with Crippen LogP contribution in [0.2, 0.25) is 0 Å². The van der Waals surface area contributed by atoms with Crippen molar-refractivity contribution >= 4 is 22.7 Å². The molecule has 0 bridgehead atoms. The standard InChI is InChI=1S/C5H13NO2S2/c1-2-5(3-9)4-10(6,7)8/h5,9H,2-4H2,1H3,(H2,6,7,8). The van der Waals surface area contributed by atoms with Gasteiger partial charge in [-0.1, -0.05) is 13.3 Å². The second kappa shape index (κ2) is 4.20. The molecule has 0 fully saturated rings. The van der Waals surface area contributed by atoms with E-state index < -0.39 is 10.0 Å². The van der Waals surface area contributed by atoms with Crippen molar-refractivity contribution in [2.75, 3.05) is 11.5 Å². The van der Waals surface area contributed by atoms with Gasteiger partial charge in [0.2, 0.25) is 10.0 Å². The van der Waals surface area contributed by atoms with Crippen LogP contribution < -0.4 is 5.14 Å². The maximum Gasteiger partial charge on any atom is 0.209 e. The lowest BCUT2D eigenvalue weighted by atomic mass is 10.2. The fraction of sp³-hybridized carbons (Fsp3) is 1.00. The summed E-state index contributed by atoms with van der Waals surface area (Å²) in [4.78, 5) is 0. The smallest absolute Gasteiger partial charge is 0.209 e. The van der Waals surface area contributed by atoms with Crippen molar-refractivity contribution in [3.63, 3.8) is 0 Å². The van der Waals surface area contributed by atoms with E-state index in [2.05, 4.69) is 12.6 Å². The highest BCUT2D eigenvalue weighted by molar-refractivity contribution is 7.89. The third kappa shape index (κ3) is 5.08. The number of nitrogens with two attached hydrogens (primary N) is 1. The topological polar surface area (TPSA) is 60.2 Å². The summed E-state index contributed by atoms with van der Waals surface area (Å²) >= 11 is 3.99. The zero-order chi connectivity index (χ0) is 8.20. The minimum Gasteiger partial charge on any atom is -0.229 e. The molecule has 2 N–H and O–H groups in total. The van der Waals surface area contributed by atoms with Crippen LogP contribution >= 0.6 is 12.6 Å². The molecule has 5 heteroatoms. The summed E-state index contributed by atoms with van der Waals surface area (Å²) in [5, 5.41) is 4.83. The molecule has 3 nitrogen and oxygen atoms in total.